The summed E-state index contributed by atoms with van der Waals surface area (Å²) in [4.78, 5) is 46.6. The largest absolute Gasteiger partial charge is 0.208 e. The highest BCUT2D eigenvalue weighted by Crippen LogP contribution is 2.49. The van der Waals surface area contributed by atoms with E-state index in [1.54, 1.807) is 22.7 Å². The molecule has 6 aromatic carbocycles. The Morgan fingerprint density at radius 3 is 0.661 bits per heavy atom. The maximum absolute atomic E-state index is 5.55. The normalized spacial score (nSPS) is 15.2. The maximum atomic E-state index is 5.55. The van der Waals surface area contributed by atoms with Gasteiger partial charge in [-0.1, -0.05) is 170 Å². The van der Waals surface area contributed by atoms with Gasteiger partial charge >= 0.3 is 0 Å². The first-order valence-electron chi connectivity index (χ1n) is 20.2. The summed E-state index contributed by atoms with van der Waals surface area (Å²) in [5.41, 5.74) is 11.4. The predicted molar refractivity (Wildman–Crippen MR) is 256 cm³/mol. The molecule has 0 aliphatic carbocycles. The van der Waals surface area contributed by atoms with Crippen LogP contribution in [0.2, 0.25) is 0 Å². The molecule has 5 aliphatic rings. The quantitative estimate of drug-likeness (QED) is 0.169. The summed E-state index contributed by atoms with van der Waals surface area (Å²) in [6, 6.07) is 58.0. The predicted octanol–water partition coefficient (Wildman–Crippen LogP) is 11.6. The van der Waals surface area contributed by atoms with Crippen molar-refractivity contribution in [3.63, 3.8) is 0 Å². The van der Waals surface area contributed by atoms with Crippen molar-refractivity contribution in [2.75, 3.05) is 0 Å². The van der Waals surface area contributed by atoms with Crippen molar-refractivity contribution in [3.8, 4) is 41.8 Å². The third-order valence-corrected chi connectivity index (χ3v) is 13.9. The number of fused-ring (bicyclic) bond motifs is 16. The number of nitrogens with zero attached hydrogens (tertiary/aromatic N) is 8. The summed E-state index contributed by atoms with van der Waals surface area (Å²) < 4.78 is 0. The summed E-state index contributed by atoms with van der Waals surface area (Å²) in [6.45, 7) is 0. The molecular weight excluding hydrogens is 801 g/mol. The second-order valence-corrected chi connectivity index (χ2v) is 17.1. The fraction of sp³-hybridized carbons (Fsp3) is 0. The fourth-order valence-corrected chi connectivity index (χ4v) is 11.2. The Labute approximate surface area is 363 Å². The van der Waals surface area contributed by atoms with E-state index in [2.05, 4.69) is 97.1 Å². The van der Waals surface area contributed by atoms with Gasteiger partial charge in [0.1, 0.15) is 0 Å². The Morgan fingerprint density at radius 1 is 0.210 bits per heavy atom. The van der Waals surface area contributed by atoms with Crippen LogP contribution in [0.3, 0.4) is 0 Å². The topological polar surface area (TPSA) is 98.9 Å². The average molecular weight is 829 g/mol. The van der Waals surface area contributed by atoms with Crippen LogP contribution >= 0.6 is 22.7 Å². The number of aliphatic imine (C=N–C) groups is 8. The van der Waals surface area contributed by atoms with E-state index < -0.39 is 0 Å². The molecule has 0 fully saturated rings. The Kier molecular flexibility index (Phi) is 7.78. The van der Waals surface area contributed by atoms with Crippen LogP contribution in [0.4, 0.5) is 0 Å². The van der Waals surface area contributed by atoms with Crippen molar-refractivity contribution < 1.29 is 0 Å². The molecule has 0 N–H and O–H groups in total. The molecule has 2 aromatic heterocycles. The van der Waals surface area contributed by atoms with Crippen LogP contribution in [0, 0.1) is 0 Å². The smallest absolute Gasteiger partial charge is 0.166 e. The van der Waals surface area contributed by atoms with E-state index in [1.807, 2.05) is 72.8 Å². The van der Waals surface area contributed by atoms with Crippen LogP contribution in [0.1, 0.15) is 44.5 Å². The monoisotopic (exact) mass is 828 g/mol. The molecule has 0 radical (unpaired) electrons. The standard InChI is InChI=1S/C52H28N8S2/c1-5-17-29(18-6-1)41-37-39(43(61-41)31-21-9-3-10-22-31)51-58-49(37)56-47-35-27-15-13-25-33(35)45(54-47)53-46-34-26-14-16-28-36(34)48(55-46)57-50-38-40(52(59-50)60-51)44(32-23-11-4-12-24-32)62-42(38)30-19-7-2-8-20-30/h1-28H. The van der Waals surface area contributed by atoms with E-state index >= 15 is 0 Å². The molecule has 0 spiro atoms. The third kappa shape index (κ3) is 5.44. The van der Waals surface area contributed by atoms with E-state index in [0.717, 1.165) is 86.3 Å². The molecule has 7 heterocycles. The third-order valence-electron chi connectivity index (χ3n) is 11.4. The molecule has 8 nitrogen and oxygen atoms in total. The van der Waals surface area contributed by atoms with Crippen molar-refractivity contribution >= 4 is 69.4 Å². The minimum atomic E-state index is 0.525. The lowest BCUT2D eigenvalue weighted by Crippen LogP contribution is -2.02. The van der Waals surface area contributed by atoms with Gasteiger partial charge in [-0.2, -0.15) is 0 Å². The second-order valence-electron chi connectivity index (χ2n) is 15.1. The SMILES string of the molecule is c1ccc(-c2sc(-c3ccccc3)c3c2C2=NC4=NC(=NC5=NC(=NC6=NC(=NC3=N2)c2c(-c3ccccc3)sc(-c3ccccc3)c26)c2ccccc25)c2ccccc24)cc1. The van der Waals surface area contributed by atoms with Crippen LogP contribution in [0.25, 0.3) is 41.8 Å². The van der Waals surface area contributed by atoms with Gasteiger partial charge < -0.3 is 0 Å². The highest BCUT2D eigenvalue weighted by molar-refractivity contribution is 7.20. The number of amidine groups is 8. The first kappa shape index (κ1) is 34.9. The van der Waals surface area contributed by atoms with Crippen molar-refractivity contribution in [3.05, 3.63) is 214 Å². The van der Waals surface area contributed by atoms with E-state index in [0.29, 0.717) is 46.7 Å². The van der Waals surface area contributed by atoms with Gasteiger partial charge in [0.05, 0.1) is 0 Å². The van der Waals surface area contributed by atoms with Gasteiger partial charge in [-0.05, 0) is 22.3 Å². The molecule has 0 saturated heterocycles. The summed E-state index contributed by atoms with van der Waals surface area (Å²) in [7, 11) is 0. The Morgan fingerprint density at radius 2 is 0.403 bits per heavy atom. The maximum Gasteiger partial charge on any atom is 0.166 e. The first-order valence-corrected chi connectivity index (χ1v) is 21.8. The van der Waals surface area contributed by atoms with Gasteiger partial charge in [0.15, 0.2) is 46.7 Å². The molecule has 0 atom stereocenters. The zero-order valence-corrected chi connectivity index (χ0v) is 34.2. The minimum Gasteiger partial charge on any atom is -0.208 e. The fourth-order valence-electron chi connectivity index (χ4n) is 8.56. The highest BCUT2D eigenvalue weighted by Gasteiger charge is 2.38. The van der Waals surface area contributed by atoms with Gasteiger partial charge in [0.2, 0.25) is 0 Å². The lowest BCUT2D eigenvalue weighted by Gasteiger charge is -2.04. The van der Waals surface area contributed by atoms with Crippen LogP contribution in [0.15, 0.2) is 210 Å². The lowest BCUT2D eigenvalue weighted by atomic mass is 10.0. The summed E-state index contributed by atoms with van der Waals surface area (Å²) in [5, 5.41) is 0. The zero-order valence-electron chi connectivity index (χ0n) is 32.6. The second kappa shape index (κ2) is 13.8. The molecule has 8 bridgehead atoms. The zero-order chi connectivity index (χ0) is 40.7. The van der Waals surface area contributed by atoms with Gasteiger partial charge in [-0.15, -0.1) is 22.7 Å². The molecule has 5 aliphatic heterocycles. The molecule has 13 rings (SSSR count). The van der Waals surface area contributed by atoms with E-state index in [9.17, 15) is 0 Å². The molecule has 0 unspecified atom stereocenters. The molecule has 8 aromatic rings. The van der Waals surface area contributed by atoms with Gasteiger partial charge in [0, 0.05) is 64.0 Å². The lowest BCUT2D eigenvalue weighted by molar-refractivity contribution is 1.49. The first-order chi connectivity index (χ1) is 30.7. The van der Waals surface area contributed by atoms with Gasteiger partial charge in [-0.25, -0.2) is 39.9 Å². The number of thiophene rings is 2. The van der Waals surface area contributed by atoms with E-state index in [-0.39, 0.29) is 0 Å². The highest BCUT2D eigenvalue weighted by atomic mass is 32.1. The summed E-state index contributed by atoms with van der Waals surface area (Å²) in [6.07, 6.45) is 0. The van der Waals surface area contributed by atoms with Crippen molar-refractivity contribution in [1.82, 2.24) is 0 Å². The van der Waals surface area contributed by atoms with Crippen LogP contribution in [-0.4, -0.2) is 46.7 Å². The van der Waals surface area contributed by atoms with Crippen LogP contribution in [0.5, 0.6) is 0 Å². The van der Waals surface area contributed by atoms with Crippen LogP contribution in [-0.2, 0) is 0 Å². The number of benzene rings is 6. The van der Waals surface area contributed by atoms with Crippen molar-refractivity contribution in [2.45, 2.75) is 0 Å². The van der Waals surface area contributed by atoms with E-state index in [1.165, 1.54) is 0 Å². The molecular formula is C52H28N8S2. The molecule has 288 valence electrons. The van der Waals surface area contributed by atoms with E-state index in [4.69, 9.17) is 39.9 Å². The molecule has 0 saturated carbocycles. The Hall–Kier alpha value is -7.92. The van der Waals surface area contributed by atoms with Crippen LogP contribution < -0.4 is 0 Å². The van der Waals surface area contributed by atoms with Gasteiger partial charge in [-0.3, -0.25) is 0 Å². The van der Waals surface area contributed by atoms with Crippen molar-refractivity contribution in [1.29, 1.82) is 0 Å². The number of hydrogen-bond acceptors (Lipinski definition) is 10. The summed E-state index contributed by atoms with van der Waals surface area (Å²) >= 11 is 3.45. The minimum absolute atomic E-state index is 0.525. The molecule has 62 heavy (non-hydrogen) atoms. The number of rotatable bonds is 4. The molecule has 10 heteroatoms. The average Bonchev–Trinajstić information content (AvgIpc) is 4.18. The van der Waals surface area contributed by atoms with Gasteiger partial charge in [0.25, 0.3) is 0 Å². The molecule has 0 amide bonds. The number of hydrogen-bond donors (Lipinski definition) is 0. The summed E-state index contributed by atoms with van der Waals surface area (Å²) in [5.74, 6) is 4.23. The van der Waals surface area contributed by atoms with Crippen molar-refractivity contribution in [2.24, 2.45) is 39.9 Å². The Bertz CT molecular complexity index is 3480. The Balaban J connectivity index is 1.15.